The summed E-state index contributed by atoms with van der Waals surface area (Å²) in [6.45, 7) is 1.95. The van der Waals surface area contributed by atoms with Gasteiger partial charge in [0.25, 0.3) is 11.5 Å². The molecule has 0 radical (unpaired) electrons. The zero-order chi connectivity index (χ0) is 19.5. The fraction of sp³-hybridized carbons (Fsp3) is 0.278. The van der Waals surface area contributed by atoms with Gasteiger partial charge in [-0.05, 0) is 25.3 Å². The molecule has 2 aromatic heterocycles. The third-order valence-electron chi connectivity index (χ3n) is 4.48. The number of amides is 1. The minimum absolute atomic E-state index is 0.0942. The maximum atomic E-state index is 12.4. The summed E-state index contributed by atoms with van der Waals surface area (Å²) >= 11 is 7.65. The number of nitrogens with zero attached hydrogens (tertiary/aromatic N) is 4. The number of carbonyl (C=O) groups excluding carboxylic acids is 1. The number of carbonyl (C=O) groups is 1. The summed E-state index contributed by atoms with van der Waals surface area (Å²) in [4.78, 5) is 31.5. The summed E-state index contributed by atoms with van der Waals surface area (Å²) in [7, 11) is 0. The summed E-state index contributed by atoms with van der Waals surface area (Å²) < 4.78 is 0. The second-order valence-corrected chi connectivity index (χ2v) is 7.71. The molecule has 1 fully saturated rings. The first kappa shape index (κ1) is 18.6. The van der Waals surface area contributed by atoms with E-state index in [2.05, 4.69) is 30.6 Å². The number of hydrazone groups is 1. The predicted octanol–water partition coefficient (Wildman–Crippen LogP) is 2.79. The van der Waals surface area contributed by atoms with Crippen LogP contribution in [0.15, 0.2) is 34.2 Å². The topological polar surface area (TPSA) is 103 Å². The van der Waals surface area contributed by atoms with E-state index in [1.807, 2.05) is 0 Å². The van der Waals surface area contributed by atoms with Crippen molar-refractivity contribution in [3.05, 3.63) is 50.3 Å². The van der Waals surface area contributed by atoms with Gasteiger partial charge in [-0.15, -0.1) is 0 Å². The highest BCUT2D eigenvalue weighted by molar-refractivity contribution is 7.17. The fourth-order valence-corrected chi connectivity index (χ4v) is 4.27. The van der Waals surface area contributed by atoms with Crippen LogP contribution in [0.25, 0.3) is 10.8 Å². The molecule has 0 spiro atoms. The van der Waals surface area contributed by atoms with Crippen molar-refractivity contribution in [3.8, 4) is 0 Å². The van der Waals surface area contributed by atoms with Crippen LogP contribution < -0.4 is 15.9 Å². The molecule has 28 heavy (non-hydrogen) atoms. The van der Waals surface area contributed by atoms with E-state index in [9.17, 15) is 9.59 Å². The maximum absolute atomic E-state index is 12.4. The number of aromatic nitrogens is 3. The highest BCUT2D eigenvalue weighted by Gasteiger charge is 2.17. The molecule has 1 aliphatic rings. The van der Waals surface area contributed by atoms with E-state index in [1.54, 1.807) is 24.3 Å². The maximum Gasteiger partial charge on any atom is 0.292 e. The summed E-state index contributed by atoms with van der Waals surface area (Å²) in [5.41, 5.74) is 2.17. The number of aromatic amines is 1. The van der Waals surface area contributed by atoms with E-state index in [0.717, 1.165) is 31.1 Å². The third kappa shape index (κ3) is 3.76. The quantitative estimate of drug-likeness (QED) is 0.502. The van der Waals surface area contributed by atoms with Gasteiger partial charge in [0.2, 0.25) is 0 Å². The molecule has 144 valence electrons. The standard InChI is InChI=1S/C18H17ClN6O2S/c19-15-13(28-18(21-15)25-8-4-1-5-9-25)10-20-23-17(27)14-11-6-2-3-7-12(11)16(26)24-22-14/h2-3,6-7,10H,1,4-5,8-9H2,(H,23,27)(H,24,26)/b20-10-. The van der Waals surface area contributed by atoms with Gasteiger partial charge < -0.3 is 4.90 Å². The Kier molecular flexibility index (Phi) is 5.36. The Bertz CT molecular complexity index is 1100. The van der Waals surface area contributed by atoms with Crippen molar-refractivity contribution < 1.29 is 4.79 Å². The monoisotopic (exact) mass is 416 g/mol. The number of halogens is 1. The van der Waals surface area contributed by atoms with Crippen LogP contribution in [0, 0.1) is 0 Å². The molecule has 3 heterocycles. The number of hydrogen-bond acceptors (Lipinski definition) is 7. The number of anilines is 1. The van der Waals surface area contributed by atoms with Gasteiger partial charge >= 0.3 is 0 Å². The van der Waals surface area contributed by atoms with Gasteiger partial charge in [0, 0.05) is 18.5 Å². The smallest absolute Gasteiger partial charge is 0.292 e. The minimum atomic E-state index is -0.527. The van der Waals surface area contributed by atoms with Gasteiger partial charge in [-0.3, -0.25) is 9.59 Å². The minimum Gasteiger partial charge on any atom is -0.348 e. The number of nitrogens with one attached hydrogen (secondary N) is 2. The predicted molar refractivity (Wildman–Crippen MR) is 111 cm³/mol. The summed E-state index contributed by atoms with van der Waals surface area (Å²) in [6, 6.07) is 6.77. The molecule has 1 saturated heterocycles. The lowest BCUT2D eigenvalue weighted by Crippen LogP contribution is -2.29. The molecule has 4 rings (SSSR count). The summed E-state index contributed by atoms with van der Waals surface area (Å²) in [5, 5.41) is 12.2. The number of thiazole rings is 1. The molecule has 0 unspecified atom stereocenters. The summed E-state index contributed by atoms with van der Waals surface area (Å²) in [6.07, 6.45) is 5.01. The van der Waals surface area contributed by atoms with Crippen LogP contribution in [0.3, 0.4) is 0 Å². The van der Waals surface area contributed by atoms with Gasteiger partial charge in [0.1, 0.15) is 0 Å². The van der Waals surface area contributed by atoms with Crippen molar-refractivity contribution >= 4 is 51.0 Å². The molecule has 8 nitrogen and oxygen atoms in total. The van der Waals surface area contributed by atoms with Crippen molar-refractivity contribution in [1.29, 1.82) is 0 Å². The molecule has 3 aromatic rings. The lowest BCUT2D eigenvalue weighted by atomic mass is 10.1. The first-order chi connectivity index (χ1) is 13.6. The van der Waals surface area contributed by atoms with Crippen LogP contribution in [-0.4, -0.2) is 40.4 Å². The number of piperidine rings is 1. The van der Waals surface area contributed by atoms with Crippen LogP contribution in [0.2, 0.25) is 5.15 Å². The molecular weight excluding hydrogens is 400 g/mol. The molecule has 1 amide bonds. The molecule has 10 heteroatoms. The lowest BCUT2D eigenvalue weighted by Gasteiger charge is -2.25. The second-order valence-electron chi connectivity index (χ2n) is 6.35. The Balaban J connectivity index is 1.50. The van der Waals surface area contributed by atoms with Gasteiger partial charge in [-0.25, -0.2) is 15.5 Å². The third-order valence-corrected chi connectivity index (χ3v) is 5.93. The Morgan fingerprint density at radius 1 is 1.25 bits per heavy atom. The van der Waals surface area contributed by atoms with Gasteiger partial charge in [-0.2, -0.15) is 10.2 Å². The second kappa shape index (κ2) is 8.07. The van der Waals surface area contributed by atoms with E-state index >= 15 is 0 Å². The SMILES string of the molecule is O=C(N/N=C\c1sc(N2CCCCC2)nc1Cl)c1n[nH]c(=O)c2ccccc12. The molecule has 1 aliphatic heterocycles. The zero-order valence-corrected chi connectivity index (χ0v) is 16.4. The first-order valence-electron chi connectivity index (χ1n) is 8.85. The Morgan fingerprint density at radius 2 is 2.00 bits per heavy atom. The average molecular weight is 417 g/mol. The highest BCUT2D eigenvalue weighted by Crippen LogP contribution is 2.30. The number of benzene rings is 1. The molecule has 0 saturated carbocycles. The van der Waals surface area contributed by atoms with Crippen LogP contribution in [-0.2, 0) is 0 Å². The number of H-pyrrole nitrogens is 1. The van der Waals surface area contributed by atoms with Crippen molar-refractivity contribution in [1.82, 2.24) is 20.6 Å². The molecular formula is C18H17ClN6O2S. The summed E-state index contributed by atoms with van der Waals surface area (Å²) in [5.74, 6) is -0.527. The highest BCUT2D eigenvalue weighted by atomic mass is 35.5. The average Bonchev–Trinajstić information content (AvgIpc) is 3.10. The largest absolute Gasteiger partial charge is 0.348 e. The van der Waals surface area contributed by atoms with Crippen molar-refractivity contribution in [2.75, 3.05) is 18.0 Å². The van der Waals surface area contributed by atoms with E-state index in [0.29, 0.717) is 20.8 Å². The number of fused-ring (bicyclic) bond motifs is 1. The van der Waals surface area contributed by atoms with Crippen LogP contribution in [0.1, 0.15) is 34.6 Å². The number of rotatable bonds is 4. The number of hydrogen-bond donors (Lipinski definition) is 2. The van der Waals surface area contributed by atoms with Gasteiger partial charge in [0.15, 0.2) is 16.0 Å². The van der Waals surface area contributed by atoms with Crippen molar-refractivity contribution in [3.63, 3.8) is 0 Å². The Labute approximate surface area is 169 Å². The van der Waals surface area contributed by atoms with Crippen LogP contribution >= 0.6 is 22.9 Å². The molecule has 2 N–H and O–H groups in total. The van der Waals surface area contributed by atoms with Crippen LogP contribution in [0.5, 0.6) is 0 Å². The van der Waals surface area contributed by atoms with Crippen LogP contribution in [0.4, 0.5) is 5.13 Å². The van der Waals surface area contributed by atoms with E-state index in [4.69, 9.17) is 11.6 Å². The lowest BCUT2D eigenvalue weighted by molar-refractivity contribution is 0.0951. The Morgan fingerprint density at radius 3 is 2.79 bits per heavy atom. The van der Waals surface area contributed by atoms with Gasteiger partial charge in [-0.1, -0.05) is 41.1 Å². The molecule has 0 atom stereocenters. The molecule has 1 aromatic carbocycles. The first-order valence-corrected chi connectivity index (χ1v) is 10.0. The molecule has 0 bridgehead atoms. The van der Waals surface area contributed by atoms with Crippen molar-refractivity contribution in [2.24, 2.45) is 5.10 Å². The van der Waals surface area contributed by atoms with E-state index < -0.39 is 5.91 Å². The molecule has 0 aliphatic carbocycles. The van der Waals surface area contributed by atoms with Crippen molar-refractivity contribution in [2.45, 2.75) is 19.3 Å². The van der Waals surface area contributed by atoms with E-state index in [-0.39, 0.29) is 11.3 Å². The van der Waals surface area contributed by atoms with E-state index in [1.165, 1.54) is 24.0 Å². The van der Waals surface area contributed by atoms with Gasteiger partial charge in [0.05, 0.1) is 16.5 Å². The zero-order valence-electron chi connectivity index (χ0n) is 14.8. The Hall–Kier alpha value is -2.78. The fourth-order valence-electron chi connectivity index (χ4n) is 3.09. The normalized spacial score (nSPS) is 14.7.